The molecule has 20 heavy (non-hydrogen) atoms. The van der Waals surface area contributed by atoms with Crippen LogP contribution in [0.2, 0.25) is 0 Å². The van der Waals surface area contributed by atoms with Crippen molar-refractivity contribution in [1.82, 2.24) is 9.80 Å². The van der Waals surface area contributed by atoms with E-state index >= 15 is 0 Å². The molecule has 2 heterocycles. The molecular formula is C14H25N3OS2. The molecule has 0 aromatic rings. The molecule has 6 heteroatoms. The Balaban J connectivity index is 1.94. The maximum atomic E-state index is 12.6. The number of thiocarbonyl (C=S) groups is 1. The number of rotatable bonds is 3. The summed E-state index contributed by atoms with van der Waals surface area (Å²) in [4.78, 5) is 17.5. The van der Waals surface area contributed by atoms with Gasteiger partial charge in [0.1, 0.15) is 0 Å². The Morgan fingerprint density at radius 1 is 1.30 bits per heavy atom. The number of nitrogens with two attached hydrogens (primary N) is 1. The van der Waals surface area contributed by atoms with Crippen LogP contribution in [-0.2, 0) is 4.79 Å². The molecule has 0 saturated carbocycles. The first-order valence-electron chi connectivity index (χ1n) is 7.26. The van der Waals surface area contributed by atoms with Crippen LogP contribution in [0.5, 0.6) is 0 Å². The van der Waals surface area contributed by atoms with E-state index in [1.807, 2.05) is 16.7 Å². The molecule has 2 fully saturated rings. The SMILES string of the molecule is CC1(C(=O)N2CCN(C(C)(C)C(N)=S)CC2)CCCS1. The van der Waals surface area contributed by atoms with E-state index in [0.29, 0.717) is 10.9 Å². The van der Waals surface area contributed by atoms with Gasteiger partial charge in [-0.2, -0.15) is 0 Å². The summed E-state index contributed by atoms with van der Waals surface area (Å²) in [7, 11) is 0. The van der Waals surface area contributed by atoms with Gasteiger partial charge in [-0.15, -0.1) is 11.8 Å². The molecule has 2 rings (SSSR count). The number of piperazine rings is 1. The highest BCUT2D eigenvalue weighted by Crippen LogP contribution is 2.39. The highest BCUT2D eigenvalue weighted by molar-refractivity contribution is 8.01. The van der Waals surface area contributed by atoms with Gasteiger partial charge in [-0.05, 0) is 39.4 Å². The van der Waals surface area contributed by atoms with Crippen molar-refractivity contribution in [3.8, 4) is 0 Å². The molecule has 0 spiro atoms. The molecule has 2 aliphatic heterocycles. The number of carbonyl (C=O) groups is 1. The largest absolute Gasteiger partial charge is 0.392 e. The van der Waals surface area contributed by atoms with Gasteiger partial charge in [-0.3, -0.25) is 9.69 Å². The lowest BCUT2D eigenvalue weighted by Gasteiger charge is -2.44. The first-order valence-corrected chi connectivity index (χ1v) is 8.65. The van der Waals surface area contributed by atoms with Gasteiger partial charge in [0.25, 0.3) is 0 Å². The van der Waals surface area contributed by atoms with Gasteiger partial charge in [0.2, 0.25) is 5.91 Å². The number of amides is 1. The molecule has 0 aromatic heterocycles. The molecule has 2 N–H and O–H groups in total. The molecule has 0 aromatic carbocycles. The van der Waals surface area contributed by atoms with Gasteiger partial charge in [-0.1, -0.05) is 12.2 Å². The van der Waals surface area contributed by atoms with Crippen LogP contribution >= 0.6 is 24.0 Å². The summed E-state index contributed by atoms with van der Waals surface area (Å²) in [5, 5.41) is 0. The molecule has 1 amide bonds. The second-order valence-electron chi connectivity index (χ2n) is 6.39. The smallest absolute Gasteiger partial charge is 0.238 e. The van der Waals surface area contributed by atoms with Crippen molar-refractivity contribution in [1.29, 1.82) is 0 Å². The average molecular weight is 316 g/mol. The zero-order valence-corrected chi connectivity index (χ0v) is 14.3. The molecule has 4 nitrogen and oxygen atoms in total. The van der Waals surface area contributed by atoms with Crippen LogP contribution in [0.1, 0.15) is 33.6 Å². The third kappa shape index (κ3) is 2.97. The Bertz CT molecular complexity index is 397. The molecule has 2 saturated heterocycles. The van der Waals surface area contributed by atoms with E-state index in [-0.39, 0.29) is 10.3 Å². The third-order valence-electron chi connectivity index (χ3n) is 4.63. The minimum atomic E-state index is -0.267. The molecule has 114 valence electrons. The summed E-state index contributed by atoms with van der Waals surface area (Å²) in [6, 6.07) is 0. The zero-order valence-electron chi connectivity index (χ0n) is 12.6. The Hall–Kier alpha value is -0.330. The average Bonchev–Trinajstić information content (AvgIpc) is 2.86. The predicted octanol–water partition coefficient (Wildman–Crippen LogP) is 1.48. The fourth-order valence-electron chi connectivity index (χ4n) is 2.91. The van der Waals surface area contributed by atoms with Crippen LogP contribution in [0.25, 0.3) is 0 Å². The van der Waals surface area contributed by atoms with E-state index in [1.165, 1.54) is 0 Å². The number of hydrogen-bond donors (Lipinski definition) is 1. The second-order valence-corrected chi connectivity index (χ2v) is 8.42. The van der Waals surface area contributed by atoms with E-state index in [4.69, 9.17) is 18.0 Å². The van der Waals surface area contributed by atoms with Crippen molar-refractivity contribution in [3.63, 3.8) is 0 Å². The standard InChI is InChI=1S/C14H25N3OS2/c1-13(2,11(15)19)17-8-6-16(7-9-17)12(18)14(3)5-4-10-20-14/h4-10H2,1-3H3,(H2,15,19). The van der Waals surface area contributed by atoms with Crippen LogP contribution in [0, 0.1) is 0 Å². The molecule has 0 bridgehead atoms. The lowest BCUT2D eigenvalue weighted by molar-refractivity contribution is -0.135. The van der Waals surface area contributed by atoms with Gasteiger partial charge in [0.15, 0.2) is 0 Å². The van der Waals surface area contributed by atoms with Crippen molar-refractivity contribution in [2.75, 3.05) is 31.9 Å². The number of hydrogen-bond acceptors (Lipinski definition) is 4. The fourth-order valence-corrected chi connectivity index (χ4v) is 4.32. The summed E-state index contributed by atoms with van der Waals surface area (Å²) >= 11 is 6.96. The molecule has 1 atom stereocenters. The first kappa shape index (κ1) is 16.0. The van der Waals surface area contributed by atoms with Gasteiger partial charge in [0.05, 0.1) is 15.3 Å². The van der Waals surface area contributed by atoms with E-state index in [0.717, 1.165) is 44.8 Å². The van der Waals surface area contributed by atoms with Crippen LogP contribution in [-0.4, -0.2) is 62.9 Å². The summed E-state index contributed by atoms with van der Waals surface area (Å²) in [5.74, 6) is 1.42. The summed E-state index contributed by atoms with van der Waals surface area (Å²) in [6.45, 7) is 9.45. The first-order chi connectivity index (χ1) is 9.27. The van der Waals surface area contributed by atoms with Gasteiger partial charge in [0, 0.05) is 26.2 Å². The van der Waals surface area contributed by atoms with E-state index in [1.54, 1.807) is 0 Å². The number of thioether (sulfide) groups is 1. The molecular weight excluding hydrogens is 290 g/mol. The Morgan fingerprint density at radius 3 is 2.35 bits per heavy atom. The fraction of sp³-hybridized carbons (Fsp3) is 0.857. The van der Waals surface area contributed by atoms with Gasteiger partial charge < -0.3 is 10.6 Å². The molecule has 1 unspecified atom stereocenters. The highest BCUT2D eigenvalue weighted by Gasteiger charge is 2.42. The van der Waals surface area contributed by atoms with E-state index in [9.17, 15) is 4.79 Å². The summed E-state index contributed by atoms with van der Waals surface area (Å²) in [5.41, 5.74) is 5.55. The third-order valence-corrected chi connectivity index (χ3v) is 6.64. The van der Waals surface area contributed by atoms with Crippen molar-refractivity contribution in [3.05, 3.63) is 0 Å². The van der Waals surface area contributed by atoms with Gasteiger partial charge in [-0.25, -0.2) is 0 Å². The minimum Gasteiger partial charge on any atom is -0.392 e. The van der Waals surface area contributed by atoms with Crippen LogP contribution < -0.4 is 5.73 Å². The lowest BCUT2D eigenvalue weighted by atomic mass is 10.0. The quantitative estimate of drug-likeness (QED) is 0.800. The van der Waals surface area contributed by atoms with Crippen molar-refractivity contribution in [2.24, 2.45) is 5.73 Å². The maximum Gasteiger partial charge on any atom is 0.238 e. The normalized spacial score (nSPS) is 28.6. The van der Waals surface area contributed by atoms with Crippen molar-refractivity contribution >= 4 is 34.9 Å². The van der Waals surface area contributed by atoms with Crippen LogP contribution in [0.15, 0.2) is 0 Å². The Labute approximate surface area is 131 Å². The van der Waals surface area contributed by atoms with E-state index < -0.39 is 0 Å². The van der Waals surface area contributed by atoms with Crippen LogP contribution in [0.3, 0.4) is 0 Å². The number of nitrogens with zero attached hydrogens (tertiary/aromatic N) is 2. The Kier molecular flexibility index (Phi) is 4.66. The summed E-state index contributed by atoms with van der Waals surface area (Å²) < 4.78 is -0.194. The van der Waals surface area contributed by atoms with E-state index in [2.05, 4.69) is 25.7 Å². The Morgan fingerprint density at radius 2 is 1.90 bits per heavy atom. The molecule has 0 radical (unpaired) electrons. The topological polar surface area (TPSA) is 49.6 Å². The summed E-state index contributed by atoms with van der Waals surface area (Å²) in [6.07, 6.45) is 2.16. The number of carbonyl (C=O) groups excluding carboxylic acids is 1. The van der Waals surface area contributed by atoms with Gasteiger partial charge >= 0.3 is 0 Å². The van der Waals surface area contributed by atoms with Crippen molar-refractivity contribution < 1.29 is 4.79 Å². The monoisotopic (exact) mass is 315 g/mol. The minimum absolute atomic E-state index is 0.194. The highest BCUT2D eigenvalue weighted by atomic mass is 32.2. The predicted molar refractivity (Wildman–Crippen MR) is 89.1 cm³/mol. The second kappa shape index (κ2) is 5.81. The van der Waals surface area contributed by atoms with Crippen molar-refractivity contribution in [2.45, 2.75) is 43.9 Å². The maximum absolute atomic E-state index is 12.6. The molecule has 2 aliphatic rings. The lowest BCUT2D eigenvalue weighted by Crippen LogP contribution is -2.61. The molecule has 0 aliphatic carbocycles. The van der Waals surface area contributed by atoms with Crippen LogP contribution in [0.4, 0.5) is 0 Å². The zero-order chi connectivity index (χ0) is 15.0.